The van der Waals surface area contributed by atoms with Gasteiger partial charge in [0.2, 0.25) is 0 Å². The Hall–Kier alpha value is -2.84. The third kappa shape index (κ3) is 3.70. The first-order valence-corrected chi connectivity index (χ1v) is 11.7. The smallest absolute Gasteiger partial charge is 0.278 e. The standard InChI is InChI=1S/C23H20BrN5OS/c1-14(2)11-17-13-31-22-19(17)21-26-20(16-7-9-25-10-8-16)27-29(21)23(30)28(22)12-15-3-5-18(24)6-4-15/h3-10,13-14H,11-12H2,1-2H3. The number of benzene rings is 1. The first-order chi connectivity index (χ1) is 15.0. The van der Waals surface area contributed by atoms with Crippen LogP contribution in [0.15, 0.2) is 63.4 Å². The topological polar surface area (TPSA) is 65.1 Å². The van der Waals surface area contributed by atoms with Gasteiger partial charge in [-0.2, -0.15) is 4.52 Å². The molecule has 8 heteroatoms. The molecule has 0 amide bonds. The fraction of sp³-hybridized carbons (Fsp3) is 0.217. The van der Waals surface area contributed by atoms with Gasteiger partial charge in [-0.1, -0.05) is 41.9 Å². The van der Waals surface area contributed by atoms with Crippen LogP contribution in [0.5, 0.6) is 0 Å². The van der Waals surface area contributed by atoms with E-state index in [4.69, 9.17) is 4.98 Å². The Morgan fingerprint density at radius 1 is 1.10 bits per heavy atom. The minimum absolute atomic E-state index is 0.184. The SMILES string of the molecule is CC(C)Cc1csc2c1c1nc(-c3ccncc3)nn1c(=O)n2Cc1ccc(Br)cc1. The molecule has 6 nitrogen and oxygen atoms in total. The molecule has 4 heterocycles. The van der Waals surface area contributed by atoms with E-state index < -0.39 is 0 Å². The number of halogens is 1. The third-order valence-electron chi connectivity index (χ3n) is 5.16. The molecule has 5 rings (SSSR count). The molecule has 5 aromatic rings. The maximum absolute atomic E-state index is 13.5. The molecule has 0 saturated carbocycles. The lowest BCUT2D eigenvalue weighted by atomic mass is 10.0. The number of hydrogen-bond acceptors (Lipinski definition) is 5. The Bertz CT molecular complexity index is 1430. The number of nitrogens with zero attached hydrogens (tertiary/aromatic N) is 5. The lowest BCUT2D eigenvalue weighted by molar-refractivity contribution is 0.650. The van der Waals surface area contributed by atoms with E-state index >= 15 is 0 Å². The van der Waals surface area contributed by atoms with Gasteiger partial charge in [-0.05, 0) is 53.1 Å². The first kappa shape index (κ1) is 20.1. The van der Waals surface area contributed by atoms with E-state index in [-0.39, 0.29) is 5.69 Å². The zero-order chi connectivity index (χ0) is 21.5. The normalized spacial score (nSPS) is 11.7. The highest BCUT2D eigenvalue weighted by Gasteiger charge is 2.20. The molecule has 0 saturated heterocycles. The van der Waals surface area contributed by atoms with Crippen LogP contribution in [0.4, 0.5) is 0 Å². The molecular formula is C23H20BrN5OS. The molecule has 0 unspecified atom stereocenters. The van der Waals surface area contributed by atoms with Crippen molar-refractivity contribution in [2.75, 3.05) is 0 Å². The zero-order valence-electron chi connectivity index (χ0n) is 17.1. The van der Waals surface area contributed by atoms with E-state index in [0.717, 1.165) is 32.2 Å². The minimum atomic E-state index is -0.184. The van der Waals surface area contributed by atoms with Crippen molar-refractivity contribution < 1.29 is 0 Å². The molecule has 4 aromatic heterocycles. The van der Waals surface area contributed by atoms with Gasteiger partial charge in [-0.25, -0.2) is 9.78 Å². The predicted octanol–water partition coefficient (Wildman–Crippen LogP) is 5.18. The predicted molar refractivity (Wildman–Crippen MR) is 128 cm³/mol. The quantitative estimate of drug-likeness (QED) is 0.338. The Balaban J connectivity index is 1.77. The second kappa shape index (κ2) is 8.01. The molecule has 156 valence electrons. The Labute approximate surface area is 191 Å². The van der Waals surface area contributed by atoms with Gasteiger partial charge in [0, 0.05) is 22.4 Å². The third-order valence-corrected chi connectivity index (χ3v) is 6.74. The zero-order valence-corrected chi connectivity index (χ0v) is 19.5. The van der Waals surface area contributed by atoms with E-state index in [2.05, 4.69) is 45.2 Å². The molecule has 0 spiro atoms. The summed E-state index contributed by atoms with van der Waals surface area (Å²) in [6.07, 6.45) is 4.33. The second-order valence-electron chi connectivity index (χ2n) is 7.94. The van der Waals surface area contributed by atoms with Gasteiger partial charge >= 0.3 is 5.69 Å². The van der Waals surface area contributed by atoms with Crippen molar-refractivity contribution >= 4 is 43.1 Å². The van der Waals surface area contributed by atoms with Gasteiger partial charge in [0.25, 0.3) is 0 Å². The molecule has 0 aliphatic carbocycles. The monoisotopic (exact) mass is 493 g/mol. The van der Waals surface area contributed by atoms with Crippen LogP contribution >= 0.6 is 27.3 Å². The average Bonchev–Trinajstić information content (AvgIpc) is 3.37. The van der Waals surface area contributed by atoms with Crippen LogP contribution in [0, 0.1) is 5.92 Å². The van der Waals surface area contributed by atoms with Gasteiger partial charge in [0.05, 0.1) is 11.9 Å². The average molecular weight is 494 g/mol. The van der Waals surface area contributed by atoms with Gasteiger partial charge in [-0.3, -0.25) is 9.55 Å². The Kier molecular flexibility index (Phi) is 5.19. The van der Waals surface area contributed by atoms with E-state index in [1.807, 2.05) is 41.0 Å². The maximum atomic E-state index is 13.5. The molecule has 31 heavy (non-hydrogen) atoms. The number of rotatable bonds is 5. The van der Waals surface area contributed by atoms with Crippen molar-refractivity contribution in [3.05, 3.63) is 80.3 Å². The molecular weight excluding hydrogens is 474 g/mol. The van der Waals surface area contributed by atoms with Crippen LogP contribution in [0.3, 0.4) is 0 Å². The summed E-state index contributed by atoms with van der Waals surface area (Å²) in [4.78, 5) is 23.3. The largest absolute Gasteiger partial charge is 0.352 e. The Morgan fingerprint density at radius 3 is 2.55 bits per heavy atom. The minimum Gasteiger partial charge on any atom is -0.278 e. The molecule has 0 fully saturated rings. The van der Waals surface area contributed by atoms with Crippen molar-refractivity contribution in [1.29, 1.82) is 0 Å². The number of aromatic nitrogens is 5. The van der Waals surface area contributed by atoms with Crippen LogP contribution in [-0.4, -0.2) is 24.1 Å². The van der Waals surface area contributed by atoms with Gasteiger partial charge < -0.3 is 0 Å². The summed E-state index contributed by atoms with van der Waals surface area (Å²) in [5.74, 6) is 1.02. The fourth-order valence-electron chi connectivity index (χ4n) is 3.75. The van der Waals surface area contributed by atoms with Crippen LogP contribution in [-0.2, 0) is 13.0 Å². The molecule has 0 atom stereocenters. The maximum Gasteiger partial charge on any atom is 0.352 e. The fourth-order valence-corrected chi connectivity index (χ4v) is 5.10. The summed E-state index contributed by atoms with van der Waals surface area (Å²) in [5, 5.41) is 7.76. The van der Waals surface area contributed by atoms with Gasteiger partial charge in [0.15, 0.2) is 11.5 Å². The summed E-state index contributed by atoms with van der Waals surface area (Å²) >= 11 is 5.08. The Morgan fingerprint density at radius 2 is 1.84 bits per heavy atom. The van der Waals surface area contributed by atoms with Crippen LogP contribution in [0.2, 0.25) is 0 Å². The number of pyridine rings is 1. The van der Waals surface area contributed by atoms with Crippen molar-refractivity contribution in [3.8, 4) is 11.4 Å². The summed E-state index contributed by atoms with van der Waals surface area (Å²) in [7, 11) is 0. The lowest BCUT2D eigenvalue weighted by Gasteiger charge is -2.10. The summed E-state index contributed by atoms with van der Waals surface area (Å²) in [5.41, 5.74) is 3.54. The van der Waals surface area contributed by atoms with E-state index in [1.54, 1.807) is 23.7 Å². The molecule has 1 aromatic carbocycles. The van der Waals surface area contributed by atoms with Crippen LogP contribution < -0.4 is 5.69 Å². The molecule has 0 aliphatic heterocycles. The van der Waals surface area contributed by atoms with E-state index in [0.29, 0.717) is 23.9 Å². The molecule has 0 aliphatic rings. The summed E-state index contributed by atoms with van der Waals surface area (Å²) in [6, 6.07) is 11.7. The number of fused-ring (bicyclic) bond motifs is 3. The summed E-state index contributed by atoms with van der Waals surface area (Å²) in [6.45, 7) is 4.88. The van der Waals surface area contributed by atoms with E-state index in [9.17, 15) is 4.79 Å². The van der Waals surface area contributed by atoms with Crippen molar-refractivity contribution in [2.45, 2.75) is 26.8 Å². The van der Waals surface area contributed by atoms with Crippen molar-refractivity contribution in [3.63, 3.8) is 0 Å². The van der Waals surface area contributed by atoms with Crippen molar-refractivity contribution in [1.82, 2.24) is 24.1 Å². The van der Waals surface area contributed by atoms with Gasteiger partial charge in [0.1, 0.15) is 4.83 Å². The summed E-state index contributed by atoms with van der Waals surface area (Å²) < 4.78 is 4.27. The van der Waals surface area contributed by atoms with Gasteiger partial charge in [-0.15, -0.1) is 16.4 Å². The highest BCUT2D eigenvalue weighted by atomic mass is 79.9. The number of thiophene rings is 1. The lowest BCUT2D eigenvalue weighted by Crippen LogP contribution is -2.28. The van der Waals surface area contributed by atoms with E-state index in [1.165, 1.54) is 10.1 Å². The van der Waals surface area contributed by atoms with Crippen LogP contribution in [0.1, 0.15) is 25.0 Å². The molecule has 0 radical (unpaired) electrons. The first-order valence-electron chi connectivity index (χ1n) is 10.1. The second-order valence-corrected chi connectivity index (χ2v) is 9.71. The highest BCUT2D eigenvalue weighted by Crippen LogP contribution is 2.31. The highest BCUT2D eigenvalue weighted by molar-refractivity contribution is 9.10. The molecule has 0 N–H and O–H groups in total. The van der Waals surface area contributed by atoms with Crippen LogP contribution in [0.25, 0.3) is 27.3 Å². The number of hydrogen-bond donors (Lipinski definition) is 0. The van der Waals surface area contributed by atoms with Crippen molar-refractivity contribution in [2.24, 2.45) is 5.92 Å². The molecule has 0 bridgehead atoms.